The molecule has 0 aliphatic carbocycles. The van der Waals surface area contributed by atoms with Gasteiger partial charge in [-0.15, -0.1) is 0 Å². The number of anilines is 1. The van der Waals surface area contributed by atoms with Crippen molar-refractivity contribution in [3.05, 3.63) is 95.6 Å². The Morgan fingerprint density at radius 2 is 1.48 bits per heavy atom. The van der Waals surface area contributed by atoms with Gasteiger partial charge in [0.05, 0.1) is 17.1 Å². The molecule has 160 valence electrons. The molecule has 3 nitrogen and oxygen atoms in total. The third kappa shape index (κ3) is 4.75. The molecule has 0 radical (unpaired) electrons. The second-order valence-electron chi connectivity index (χ2n) is 7.89. The summed E-state index contributed by atoms with van der Waals surface area (Å²) in [5.41, 5.74) is 2.48. The Morgan fingerprint density at radius 3 is 2.10 bits per heavy atom. The monoisotopic (exact) mass is 439 g/mol. The maximum atomic E-state index is 13.5. The molecular weight excluding hydrogens is 416 g/mol. The first kappa shape index (κ1) is 21.4. The summed E-state index contributed by atoms with van der Waals surface area (Å²) >= 11 is 5.70. The number of phenolic OH excluding ortho intramolecular Hbond substituents is 1. The largest absolute Gasteiger partial charge is 0.508 e. The van der Waals surface area contributed by atoms with Gasteiger partial charge in [-0.25, -0.2) is 8.78 Å². The van der Waals surface area contributed by atoms with Crippen LogP contribution in [-0.2, 0) is 0 Å². The summed E-state index contributed by atoms with van der Waals surface area (Å²) in [5.74, 6) is -0.341. The third-order valence-electron chi connectivity index (χ3n) is 5.84. The predicted octanol–water partition coefficient (Wildman–Crippen LogP) is 6.08. The molecule has 3 aromatic rings. The Bertz CT molecular complexity index is 1040. The van der Waals surface area contributed by atoms with E-state index in [9.17, 15) is 19.0 Å². The number of nitrogens with zero attached hydrogens (tertiary/aromatic N) is 1. The summed E-state index contributed by atoms with van der Waals surface area (Å²) in [6, 6.07) is 19.1. The van der Waals surface area contributed by atoms with E-state index in [1.807, 2.05) is 17.0 Å². The van der Waals surface area contributed by atoms with Crippen molar-refractivity contribution in [1.82, 2.24) is 0 Å². The van der Waals surface area contributed by atoms with Gasteiger partial charge in [-0.3, -0.25) is 0 Å². The summed E-state index contributed by atoms with van der Waals surface area (Å²) in [4.78, 5) is 2.79. The fourth-order valence-electron chi connectivity index (χ4n) is 4.28. The first-order chi connectivity index (χ1) is 14.9. The number of hydrogen-bond donors (Lipinski definition) is 2. The van der Waals surface area contributed by atoms with Crippen molar-refractivity contribution < 1.29 is 19.0 Å². The van der Waals surface area contributed by atoms with Gasteiger partial charge >= 0.3 is 0 Å². The normalized spacial score (nSPS) is 19.6. The fraction of sp³-hybridized carbons (Fsp3) is 0.240. The lowest BCUT2D eigenvalue weighted by Gasteiger charge is -2.30. The smallest absolute Gasteiger partial charge is 0.123 e. The molecule has 1 saturated heterocycles. The zero-order chi connectivity index (χ0) is 22.0. The van der Waals surface area contributed by atoms with Crippen molar-refractivity contribution in [2.24, 2.45) is 5.92 Å². The van der Waals surface area contributed by atoms with Crippen molar-refractivity contribution in [3.8, 4) is 5.75 Å². The van der Waals surface area contributed by atoms with E-state index in [2.05, 4.69) is 0 Å². The lowest BCUT2D eigenvalue weighted by molar-refractivity contribution is 0.155. The second kappa shape index (κ2) is 9.12. The molecular formula is C25H23F2NO2S. The molecule has 0 spiro atoms. The van der Waals surface area contributed by atoms with E-state index >= 15 is 0 Å². The Balaban J connectivity index is 1.59. The summed E-state index contributed by atoms with van der Waals surface area (Å²) in [7, 11) is 0. The van der Waals surface area contributed by atoms with Crippen LogP contribution < -0.4 is 4.90 Å². The summed E-state index contributed by atoms with van der Waals surface area (Å²) in [6.45, 7) is 0. The SMILES string of the molecule is Oc1ccc(C2C(CCC(O)c3ccc(F)cc3)CC(=S)N2c2ccc(F)cc2)cc1. The van der Waals surface area contributed by atoms with Crippen molar-refractivity contribution in [1.29, 1.82) is 0 Å². The summed E-state index contributed by atoms with van der Waals surface area (Å²) in [5, 5.41) is 20.3. The molecule has 3 atom stereocenters. The maximum Gasteiger partial charge on any atom is 0.123 e. The number of aromatic hydroxyl groups is 1. The van der Waals surface area contributed by atoms with Gasteiger partial charge in [0.25, 0.3) is 0 Å². The van der Waals surface area contributed by atoms with E-state index in [-0.39, 0.29) is 29.3 Å². The molecule has 4 rings (SSSR count). The molecule has 1 aliphatic heterocycles. The van der Waals surface area contributed by atoms with Gasteiger partial charge in [-0.05, 0) is 78.4 Å². The highest BCUT2D eigenvalue weighted by atomic mass is 32.1. The van der Waals surface area contributed by atoms with Gasteiger partial charge in [0, 0.05) is 12.1 Å². The van der Waals surface area contributed by atoms with Gasteiger partial charge in [0.2, 0.25) is 0 Å². The van der Waals surface area contributed by atoms with Crippen LogP contribution in [0.5, 0.6) is 5.75 Å². The minimum absolute atomic E-state index is 0.0982. The van der Waals surface area contributed by atoms with Crippen LogP contribution in [0, 0.1) is 17.6 Å². The number of hydrogen-bond acceptors (Lipinski definition) is 3. The highest BCUT2D eigenvalue weighted by molar-refractivity contribution is 7.80. The molecule has 1 aliphatic rings. The van der Waals surface area contributed by atoms with Crippen LogP contribution in [0.4, 0.5) is 14.5 Å². The zero-order valence-electron chi connectivity index (χ0n) is 16.8. The van der Waals surface area contributed by atoms with E-state index in [0.717, 1.165) is 16.2 Å². The maximum absolute atomic E-state index is 13.5. The van der Waals surface area contributed by atoms with Crippen LogP contribution in [0.25, 0.3) is 0 Å². The van der Waals surface area contributed by atoms with Crippen LogP contribution in [0.15, 0.2) is 72.8 Å². The first-order valence-electron chi connectivity index (χ1n) is 10.2. The number of benzene rings is 3. The highest BCUT2D eigenvalue weighted by Gasteiger charge is 2.39. The molecule has 0 saturated carbocycles. The predicted molar refractivity (Wildman–Crippen MR) is 121 cm³/mol. The Morgan fingerprint density at radius 1 is 0.903 bits per heavy atom. The molecule has 1 heterocycles. The second-order valence-corrected chi connectivity index (χ2v) is 8.36. The Labute approximate surface area is 185 Å². The van der Waals surface area contributed by atoms with E-state index in [1.165, 1.54) is 24.3 Å². The number of rotatable bonds is 6. The quantitative estimate of drug-likeness (QED) is 0.457. The zero-order valence-corrected chi connectivity index (χ0v) is 17.6. The van der Waals surface area contributed by atoms with Gasteiger partial charge in [0.1, 0.15) is 17.4 Å². The van der Waals surface area contributed by atoms with Gasteiger partial charge in [-0.1, -0.05) is 36.5 Å². The number of halogens is 2. The van der Waals surface area contributed by atoms with Crippen LogP contribution >= 0.6 is 12.2 Å². The van der Waals surface area contributed by atoms with Gasteiger partial charge in [0.15, 0.2) is 0 Å². The molecule has 0 amide bonds. The minimum Gasteiger partial charge on any atom is -0.508 e. The van der Waals surface area contributed by atoms with Crippen molar-refractivity contribution in [2.45, 2.75) is 31.4 Å². The van der Waals surface area contributed by atoms with Crippen LogP contribution in [-0.4, -0.2) is 15.2 Å². The van der Waals surface area contributed by atoms with Crippen LogP contribution in [0.2, 0.25) is 0 Å². The number of thiocarbonyl (C=S) groups is 1. The van der Waals surface area contributed by atoms with E-state index in [4.69, 9.17) is 12.2 Å². The van der Waals surface area contributed by atoms with E-state index in [0.29, 0.717) is 24.8 Å². The van der Waals surface area contributed by atoms with Crippen LogP contribution in [0.1, 0.15) is 42.5 Å². The number of aliphatic hydroxyl groups excluding tert-OH is 1. The standard InChI is InChI=1S/C25H23F2NO2S/c26-19-6-1-16(2-7-19)23(30)14-5-18-15-24(31)28(21-10-8-20(27)9-11-21)25(18)17-3-12-22(29)13-4-17/h1-4,6-13,18,23,25,29-30H,5,14-15H2. The molecule has 1 fully saturated rings. The molecule has 2 N–H and O–H groups in total. The molecule has 0 bridgehead atoms. The van der Waals surface area contributed by atoms with Gasteiger partial charge < -0.3 is 15.1 Å². The third-order valence-corrected chi connectivity index (χ3v) is 6.20. The lowest BCUT2D eigenvalue weighted by atomic mass is 9.88. The Hall–Kier alpha value is -2.83. The van der Waals surface area contributed by atoms with Gasteiger partial charge in [-0.2, -0.15) is 0 Å². The topological polar surface area (TPSA) is 43.7 Å². The number of aliphatic hydroxyl groups is 1. The molecule has 3 unspecified atom stereocenters. The Kier molecular flexibility index (Phi) is 6.30. The number of phenols is 1. The molecule has 0 aromatic heterocycles. The van der Waals surface area contributed by atoms with Crippen LogP contribution in [0.3, 0.4) is 0 Å². The van der Waals surface area contributed by atoms with E-state index in [1.54, 1.807) is 36.4 Å². The first-order valence-corrected chi connectivity index (χ1v) is 10.6. The van der Waals surface area contributed by atoms with Crippen molar-refractivity contribution >= 4 is 22.9 Å². The molecule has 6 heteroatoms. The average molecular weight is 440 g/mol. The highest BCUT2D eigenvalue weighted by Crippen LogP contribution is 2.45. The lowest BCUT2D eigenvalue weighted by Crippen LogP contribution is -2.28. The summed E-state index contributed by atoms with van der Waals surface area (Å²) < 4.78 is 26.7. The van der Waals surface area contributed by atoms with Crippen molar-refractivity contribution in [2.75, 3.05) is 4.90 Å². The van der Waals surface area contributed by atoms with E-state index < -0.39 is 6.10 Å². The molecule has 31 heavy (non-hydrogen) atoms. The summed E-state index contributed by atoms with van der Waals surface area (Å²) in [6.07, 6.45) is 1.16. The molecule has 3 aromatic carbocycles. The van der Waals surface area contributed by atoms with Crippen molar-refractivity contribution in [3.63, 3.8) is 0 Å². The minimum atomic E-state index is -0.700. The fourth-order valence-corrected chi connectivity index (χ4v) is 4.72. The average Bonchev–Trinajstić information content (AvgIpc) is 3.09.